The summed E-state index contributed by atoms with van der Waals surface area (Å²) < 4.78 is 10.8. The predicted molar refractivity (Wildman–Crippen MR) is 120 cm³/mol. The van der Waals surface area contributed by atoms with Crippen LogP contribution in [0, 0.1) is 13.8 Å². The molecule has 0 aliphatic rings. The Morgan fingerprint density at radius 2 is 1.87 bits per heavy atom. The fraction of sp³-hybridized carbons (Fsp3) is 0.227. The van der Waals surface area contributed by atoms with E-state index in [0.29, 0.717) is 16.5 Å². The fourth-order valence-electron chi connectivity index (χ4n) is 3.30. The van der Waals surface area contributed by atoms with Crippen molar-refractivity contribution in [2.75, 3.05) is 25.3 Å². The van der Waals surface area contributed by atoms with Crippen LogP contribution in [0.2, 0.25) is 0 Å². The van der Waals surface area contributed by atoms with Crippen LogP contribution in [-0.2, 0) is 4.79 Å². The minimum Gasteiger partial charge on any atom is -0.493 e. The van der Waals surface area contributed by atoms with Gasteiger partial charge in [0.25, 0.3) is 0 Å². The van der Waals surface area contributed by atoms with E-state index in [1.165, 1.54) is 18.1 Å². The Labute approximate surface area is 178 Å². The average Bonchev–Trinajstić information content (AvgIpc) is 3.11. The number of nitrogens with zero attached hydrogens (tertiary/aromatic N) is 2. The summed E-state index contributed by atoms with van der Waals surface area (Å²) in [6.07, 6.45) is 1.51. The summed E-state index contributed by atoms with van der Waals surface area (Å²) in [4.78, 5) is 24.7. The van der Waals surface area contributed by atoms with Crippen molar-refractivity contribution < 1.29 is 14.3 Å². The number of nitrogens with one attached hydrogen (secondary N) is 2. The van der Waals surface area contributed by atoms with Crippen molar-refractivity contribution in [3.05, 3.63) is 47.8 Å². The molecule has 4 aromatic rings. The van der Waals surface area contributed by atoms with Crippen molar-refractivity contribution >= 4 is 45.3 Å². The number of amides is 1. The van der Waals surface area contributed by atoms with Crippen molar-refractivity contribution in [2.45, 2.75) is 18.9 Å². The van der Waals surface area contributed by atoms with Crippen molar-refractivity contribution in [2.24, 2.45) is 0 Å². The van der Waals surface area contributed by atoms with Gasteiger partial charge in [-0.2, -0.15) is 0 Å². The van der Waals surface area contributed by atoms with Crippen LogP contribution in [0.4, 0.5) is 5.69 Å². The maximum absolute atomic E-state index is 12.5. The Hall–Kier alpha value is -3.26. The lowest BCUT2D eigenvalue weighted by atomic mass is 10.1. The third-order valence-corrected chi connectivity index (χ3v) is 5.85. The van der Waals surface area contributed by atoms with Gasteiger partial charge in [0, 0.05) is 17.1 Å². The second kappa shape index (κ2) is 8.23. The summed E-state index contributed by atoms with van der Waals surface area (Å²) in [5, 5.41) is 4.60. The van der Waals surface area contributed by atoms with Gasteiger partial charge >= 0.3 is 0 Å². The summed E-state index contributed by atoms with van der Waals surface area (Å²) >= 11 is 1.37. The van der Waals surface area contributed by atoms with Crippen molar-refractivity contribution in [1.82, 2.24) is 15.0 Å². The van der Waals surface area contributed by atoms with Gasteiger partial charge in [0.1, 0.15) is 16.9 Å². The first-order valence-corrected chi connectivity index (χ1v) is 10.4. The van der Waals surface area contributed by atoms with Crippen LogP contribution in [0.15, 0.2) is 41.7 Å². The normalized spacial score (nSPS) is 11.1. The Balaban J connectivity index is 1.60. The SMILES string of the molecule is COc1cc2[nH]c3c(SCC(=O)Nc4cc(C)ccc4C)ncnc3c2cc1OC. The summed E-state index contributed by atoms with van der Waals surface area (Å²) in [6, 6.07) is 9.76. The lowest BCUT2D eigenvalue weighted by Crippen LogP contribution is -2.15. The van der Waals surface area contributed by atoms with E-state index < -0.39 is 0 Å². The maximum Gasteiger partial charge on any atom is 0.234 e. The molecule has 0 unspecified atom stereocenters. The summed E-state index contributed by atoms with van der Waals surface area (Å²) in [5.41, 5.74) is 5.39. The van der Waals surface area contributed by atoms with Gasteiger partial charge in [0.05, 0.1) is 31.0 Å². The molecule has 30 heavy (non-hydrogen) atoms. The molecule has 2 aromatic carbocycles. The van der Waals surface area contributed by atoms with E-state index in [9.17, 15) is 4.79 Å². The van der Waals surface area contributed by atoms with Gasteiger partial charge in [-0.1, -0.05) is 23.9 Å². The van der Waals surface area contributed by atoms with Crippen LogP contribution in [0.25, 0.3) is 21.9 Å². The number of thioether (sulfide) groups is 1. The maximum atomic E-state index is 12.5. The van der Waals surface area contributed by atoms with Gasteiger partial charge in [-0.05, 0) is 37.1 Å². The Bertz CT molecular complexity index is 1250. The zero-order valence-electron chi connectivity index (χ0n) is 17.2. The largest absolute Gasteiger partial charge is 0.493 e. The number of aryl methyl sites for hydroxylation is 2. The Kier molecular flexibility index (Phi) is 5.50. The van der Waals surface area contributed by atoms with Crippen LogP contribution >= 0.6 is 11.8 Å². The number of rotatable bonds is 6. The van der Waals surface area contributed by atoms with Gasteiger partial charge in [-0.15, -0.1) is 0 Å². The van der Waals surface area contributed by atoms with Crippen LogP contribution in [0.1, 0.15) is 11.1 Å². The molecule has 0 aliphatic carbocycles. The topological polar surface area (TPSA) is 89.1 Å². The number of aromatic amines is 1. The number of fused-ring (bicyclic) bond motifs is 3. The number of anilines is 1. The summed E-state index contributed by atoms with van der Waals surface area (Å²) in [5.74, 6) is 1.42. The van der Waals surface area contributed by atoms with Crippen LogP contribution in [0.5, 0.6) is 11.5 Å². The number of hydrogen-bond acceptors (Lipinski definition) is 6. The molecule has 0 aliphatic heterocycles. The number of hydrogen-bond donors (Lipinski definition) is 2. The molecule has 2 N–H and O–H groups in total. The number of H-pyrrole nitrogens is 1. The number of benzene rings is 2. The first kappa shape index (κ1) is 20.0. The van der Waals surface area contributed by atoms with E-state index in [-0.39, 0.29) is 11.7 Å². The predicted octanol–water partition coefficient (Wildman–Crippen LogP) is 4.48. The average molecular weight is 423 g/mol. The number of aromatic nitrogens is 3. The van der Waals surface area contributed by atoms with Gasteiger partial charge < -0.3 is 19.8 Å². The fourth-order valence-corrected chi connectivity index (χ4v) is 4.05. The van der Waals surface area contributed by atoms with Crippen LogP contribution in [0.3, 0.4) is 0 Å². The second-order valence-corrected chi connectivity index (χ2v) is 7.90. The third-order valence-electron chi connectivity index (χ3n) is 4.86. The van der Waals surface area contributed by atoms with Crippen molar-refractivity contribution in [1.29, 1.82) is 0 Å². The van der Waals surface area contributed by atoms with Gasteiger partial charge in [0.2, 0.25) is 5.91 Å². The molecule has 2 aromatic heterocycles. The number of ether oxygens (including phenoxy) is 2. The second-order valence-electron chi connectivity index (χ2n) is 6.94. The summed E-state index contributed by atoms with van der Waals surface area (Å²) in [6.45, 7) is 3.98. The molecule has 0 fully saturated rings. The highest BCUT2D eigenvalue weighted by Crippen LogP contribution is 2.36. The molecule has 1 amide bonds. The van der Waals surface area contributed by atoms with Gasteiger partial charge in [-0.25, -0.2) is 9.97 Å². The Morgan fingerprint density at radius 3 is 2.63 bits per heavy atom. The zero-order valence-corrected chi connectivity index (χ0v) is 18.0. The zero-order chi connectivity index (χ0) is 21.3. The standard InChI is InChI=1S/C22H22N4O3S/c1-12-5-6-13(2)15(7-12)25-19(27)10-30-22-21-20(23-11-24-22)14-8-17(28-3)18(29-4)9-16(14)26-21/h5-9,11,26H,10H2,1-4H3,(H,25,27). The summed E-state index contributed by atoms with van der Waals surface area (Å²) in [7, 11) is 3.20. The lowest BCUT2D eigenvalue weighted by Gasteiger charge is -2.09. The van der Waals surface area contributed by atoms with Gasteiger partial charge in [0.15, 0.2) is 11.5 Å². The smallest absolute Gasteiger partial charge is 0.234 e. The highest BCUT2D eigenvalue weighted by atomic mass is 32.2. The monoisotopic (exact) mass is 422 g/mol. The van der Waals surface area contributed by atoms with E-state index in [1.807, 2.05) is 44.2 Å². The molecule has 0 saturated carbocycles. The minimum atomic E-state index is -0.0834. The highest BCUT2D eigenvalue weighted by Gasteiger charge is 2.16. The molecular weight excluding hydrogens is 400 g/mol. The molecule has 2 heterocycles. The molecule has 0 radical (unpaired) electrons. The molecule has 0 atom stereocenters. The number of carbonyl (C=O) groups excluding carboxylic acids is 1. The molecule has 4 rings (SSSR count). The molecule has 154 valence electrons. The molecular formula is C22H22N4O3S. The van der Waals surface area contributed by atoms with E-state index in [4.69, 9.17) is 9.47 Å². The Morgan fingerprint density at radius 1 is 1.10 bits per heavy atom. The quantitative estimate of drug-likeness (QED) is 0.352. The molecule has 0 saturated heterocycles. The number of carbonyl (C=O) groups is 1. The first-order chi connectivity index (χ1) is 14.5. The lowest BCUT2D eigenvalue weighted by molar-refractivity contribution is -0.113. The van der Waals surface area contributed by atoms with Crippen molar-refractivity contribution in [3.8, 4) is 11.5 Å². The molecule has 0 spiro atoms. The third kappa shape index (κ3) is 3.78. The van der Waals surface area contributed by atoms with E-state index in [0.717, 1.165) is 38.8 Å². The molecule has 7 nitrogen and oxygen atoms in total. The molecule has 0 bridgehead atoms. The number of methoxy groups -OCH3 is 2. The van der Waals surface area contributed by atoms with Crippen molar-refractivity contribution in [3.63, 3.8) is 0 Å². The minimum absolute atomic E-state index is 0.0834. The van der Waals surface area contributed by atoms with E-state index in [2.05, 4.69) is 20.3 Å². The first-order valence-electron chi connectivity index (χ1n) is 9.38. The van der Waals surface area contributed by atoms with Crippen LogP contribution < -0.4 is 14.8 Å². The molecule has 8 heteroatoms. The van der Waals surface area contributed by atoms with E-state index in [1.54, 1.807) is 14.2 Å². The van der Waals surface area contributed by atoms with E-state index >= 15 is 0 Å². The van der Waals surface area contributed by atoms with Crippen LogP contribution in [-0.4, -0.2) is 40.8 Å². The highest BCUT2D eigenvalue weighted by molar-refractivity contribution is 8.00. The van der Waals surface area contributed by atoms with Gasteiger partial charge in [-0.3, -0.25) is 4.79 Å².